The number of carbonyl (C=O) groups excluding carboxylic acids is 1. The zero-order valence-electron chi connectivity index (χ0n) is 10.4. The number of imidazole rings is 1. The average Bonchev–Trinajstić information content (AvgIpc) is 2.86. The second-order valence-electron chi connectivity index (χ2n) is 4.18. The summed E-state index contributed by atoms with van der Waals surface area (Å²) in [6, 6.07) is 3.63. The van der Waals surface area contributed by atoms with Gasteiger partial charge >= 0.3 is 0 Å². The number of halogens is 2. The van der Waals surface area contributed by atoms with Crippen molar-refractivity contribution in [2.45, 2.75) is 19.9 Å². The van der Waals surface area contributed by atoms with E-state index in [0.717, 1.165) is 10.0 Å². The molecule has 0 aliphatic heterocycles. The van der Waals surface area contributed by atoms with E-state index in [-0.39, 0.29) is 5.91 Å². The van der Waals surface area contributed by atoms with Crippen LogP contribution in [0.15, 0.2) is 35.3 Å². The lowest BCUT2D eigenvalue weighted by molar-refractivity contribution is -0.116. The molecule has 0 saturated carbocycles. The molecule has 1 N–H and O–H groups in total. The van der Waals surface area contributed by atoms with Crippen LogP contribution in [0.1, 0.15) is 12.0 Å². The molecule has 0 spiro atoms. The zero-order chi connectivity index (χ0) is 13.8. The number of rotatable bonds is 4. The van der Waals surface area contributed by atoms with Crippen molar-refractivity contribution in [1.82, 2.24) is 9.55 Å². The van der Waals surface area contributed by atoms with Gasteiger partial charge in [0.1, 0.15) is 0 Å². The Bertz CT molecular complexity index is 584. The summed E-state index contributed by atoms with van der Waals surface area (Å²) in [5.41, 5.74) is 1.65. The lowest BCUT2D eigenvalue weighted by Gasteiger charge is -2.09. The van der Waals surface area contributed by atoms with Gasteiger partial charge in [-0.15, -0.1) is 0 Å². The Kier molecular flexibility index (Phi) is 4.61. The monoisotopic (exact) mass is 341 g/mol. The largest absolute Gasteiger partial charge is 0.337 e. The van der Waals surface area contributed by atoms with Gasteiger partial charge < -0.3 is 9.88 Å². The van der Waals surface area contributed by atoms with Crippen molar-refractivity contribution in [3.05, 3.63) is 45.9 Å². The van der Waals surface area contributed by atoms with Crippen LogP contribution in [0.3, 0.4) is 0 Å². The third-order valence-corrected chi connectivity index (χ3v) is 3.74. The van der Waals surface area contributed by atoms with Crippen LogP contribution in [0.4, 0.5) is 5.69 Å². The van der Waals surface area contributed by atoms with Gasteiger partial charge in [0, 0.05) is 34.9 Å². The van der Waals surface area contributed by atoms with E-state index in [1.807, 2.05) is 23.8 Å². The summed E-state index contributed by atoms with van der Waals surface area (Å²) in [6.45, 7) is 2.51. The number of hydrogen-bond acceptors (Lipinski definition) is 2. The van der Waals surface area contributed by atoms with E-state index in [2.05, 4.69) is 26.2 Å². The second kappa shape index (κ2) is 6.21. The summed E-state index contributed by atoms with van der Waals surface area (Å²) in [6.07, 6.45) is 5.58. The molecule has 0 radical (unpaired) electrons. The Labute approximate surface area is 124 Å². The summed E-state index contributed by atoms with van der Waals surface area (Å²) in [5.74, 6) is -0.0608. The maximum absolute atomic E-state index is 11.8. The van der Waals surface area contributed by atoms with Gasteiger partial charge in [-0.05, 0) is 40.5 Å². The van der Waals surface area contributed by atoms with Crippen molar-refractivity contribution < 1.29 is 4.79 Å². The average molecular weight is 343 g/mol. The van der Waals surface area contributed by atoms with Crippen molar-refractivity contribution in [3.8, 4) is 0 Å². The first-order chi connectivity index (χ1) is 9.06. The summed E-state index contributed by atoms with van der Waals surface area (Å²) in [5, 5.41) is 3.47. The minimum absolute atomic E-state index is 0.0608. The highest BCUT2D eigenvalue weighted by molar-refractivity contribution is 9.10. The molecule has 1 aromatic carbocycles. The van der Waals surface area contributed by atoms with Crippen molar-refractivity contribution in [2.75, 3.05) is 5.32 Å². The molecule has 0 atom stereocenters. The van der Waals surface area contributed by atoms with Gasteiger partial charge in [0.05, 0.1) is 12.0 Å². The molecule has 100 valence electrons. The Hall–Kier alpha value is -1.33. The maximum Gasteiger partial charge on any atom is 0.226 e. The maximum atomic E-state index is 11.8. The lowest BCUT2D eigenvalue weighted by atomic mass is 10.2. The number of anilines is 1. The molecule has 1 aromatic heterocycles. The van der Waals surface area contributed by atoms with Crippen LogP contribution in [0.25, 0.3) is 0 Å². The first-order valence-corrected chi connectivity index (χ1v) is 6.94. The molecule has 2 rings (SSSR count). The molecule has 0 aliphatic carbocycles. The minimum Gasteiger partial charge on any atom is -0.337 e. The molecule has 0 fully saturated rings. The molecule has 19 heavy (non-hydrogen) atoms. The first-order valence-electron chi connectivity index (χ1n) is 5.77. The third kappa shape index (κ3) is 3.81. The molecule has 2 aromatic rings. The smallest absolute Gasteiger partial charge is 0.226 e. The van der Waals surface area contributed by atoms with Crippen LogP contribution in [0.2, 0.25) is 5.02 Å². The summed E-state index contributed by atoms with van der Waals surface area (Å²) < 4.78 is 2.68. The SMILES string of the molecule is Cc1cc(Br)c(NC(=O)CCn2ccnc2)cc1Cl. The highest BCUT2D eigenvalue weighted by Gasteiger charge is 2.08. The quantitative estimate of drug-likeness (QED) is 0.922. The molecule has 0 unspecified atom stereocenters. The standard InChI is InChI=1S/C13H13BrClN3O/c1-9-6-10(14)12(7-11(9)15)17-13(19)2-4-18-5-3-16-8-18/h3,5-8H,2,4H2,1H3,(H,17,19). The van der Waals surface area contributed by atoms with Crippen LogP contribution in [0.5, 0.6) is 0 Å². The van der Waals surface area contributed by atoms with Gasteiger partial charge in [0.25, 0.3) is 0 Å². The lowest BCUT2D eigenvalue weighted by Crippen LogP contribution is -2.14. The fourth-order valence-corrected chi connectivity index (χ4v) is 2.33. The van der Waals surface area contributed by atoms with Crippen molar-refractivity contribution in [1.29, 1.82) is 0 Å². The molecule has 0 saturated heterocycles. The molecule has 1 amide bonds. The van der Waals surface area contributed by atoms with E-state index < -0.39 is 0 Å². The van der Waals surface area contributed by atoms with Gasteiger partial charge in [0.2, 0.25) is 5.91 Å². The van der Waals surface area contributed by atoms with Gasteiger partial charge in [-0.2, -0.15) is 0 Å². The number of nitrogens with one attached hydrogen (secondary N) is 1. The summed E-state index contributed by atoms with van der Waals surface area (Å²) >= 11 is 9.45. The van der Waals surface area contributed by atoms with E-state index in [0.29, 0.717) is 23.7 Å². The van der Waals surface area contributed by atoms with Gasteiger partial charge in [0.15, 0.2) is 0 Å². The van der Waals surface area contributed by atoms with Crippen molar-refractivity contribution in [2.24, 2.45) is 0 Å². The number of benzene rings is 1. The Balaban J connectivity index is 1.97. The number of hydrogen-bond donors (Lipinski definition) is 1. The zero-order valence-corrected chi connectivity index (χ0v) is 12.7. The topological polar surface area (TPSA) is 46.9 Å². The van der Waals surface area contributed by atoms with Gasteiger partial charge in [-0.25, -0.2) is 4.98 Å². The predicted octanol–water partition coefficient (Wildman–Crippen LogP) is 3.64. The van der Waals surface area contributed by atoms with Crippen molar-refractivity contribution in [3.63, 3.8) is 0 Å². The molecular formula is C13H13BrClN3O. The highest BCUT2D eigenvalue weighted by Crippen LogP contribution is 2.29. The Morgan fingerprint density at radius 1 is 1.53 bits per heavy atom. The number of nitrogens with zero attached hydrogens (tertiary/aromatic N) is 2. The van der Waals surface area contributed by atoms with Crippen molar-refractivity contribution >= 4 is 39.1 Å². The van der Waals surface area contributed by atoms with E-state index in [1.165, 1.54) is 0 Å². The molecule has 0 aliphatic rings. The molecule has 0 bridgehead atoms. The van der Waals surface area contributed by atoms with Crippen LogP contribution in [-0.2, 0) is 11.3 Å². The fraction of sp³-hybridized carbons (Fsp3) is 0.231. The van der Waals surface area contributed by atoms with E-state index in [4.69, 9.17) is 11.6 Å². The summed E-state index contributed by atoms with van der Waals surface area (Å²) in [4.78, 5) is 15.8. The highest BCUT2D eigenvalue weighted by atomic mass is 79.9. The number of amides is 1. The van der Waals surface area contributed by atoms with Crippen LogP contribution in [-0.4, -0.2) is 15.5 Å². The van der Waals surface area contributed by atoms with Crippen LogP contribution in [0, 0.1) is 6.92 Å². The predicted molar refractivity (Wildman–Crippen MR) is 79.4 cm³/mol. The van der Waals surface area contributed by atoms with Gasteiger partial charge in [-0.3, -0.25) is 4.79 Å². The van der Waals surface area contributed by atoms with Gasteiger partial charge in [-0.1, -0.05) is 11.6 Å². The molecule has 4 nitrogen and oxygen atoms in total. The molecule has 6 heteroatoms. The normalized spacial score (nSPS) is 10.5. The second-order valence-corrected chi connectivity index (χ2v) is 5.44. The Morgan fingerprint density at radius 2 is 2.32 bits per heavy atom. The van der Waals surface area contributed by atoms with Crippen LogP contribution >= 0.6 is 27.5 Å². The molecule has 1 heterocycles. The fourth-order valence-electron chi connectivity index (χ4n) is 1.60. The van der Waals surface area contributed by atoms with E-state index in [9.17, 15) is 4.79 Å². The third-order valence-electron chi connectivity index (χ3n) is 2.68. The minimum atomic E-state index is -0.0608. The summed E-state index contributed by atoms with van der Waals surface area (Å²) in [7, 11) is 0. The molecular weight excluding hydrogens is 330 g/mol. The number of aryl methyl sites for hydroxylation is 2. The number of carbonyl (C=O) groups is 1. The first kappa shape index (κ1) is 14.1. The van der Waals surface area contributed by atoms with E-state index in [1.54, 1.807) is 18.6 Å². The number of aromatic nitrogens is 2. The van der Waals surface area contributed by atoms with Crippen LogP contribution < -0.4 is 5.32 Å². The Morgan fingerprint density at radius 3 is 3.00 bits per heavy atom. The van der Waals surface area contributed by atoms with E-state index >= 15 is 0 Å².